The summed E-state index contributed by atoms with van der Waals surface area (Å²) in [6, 6.07) is 0. The van der Waals surface area contributed by atoms with Crippen molar-refractivity contribution in [3.8, 4) is 0 Å². The minimum Gasteiger partial charge on any atom is -0.415 e. The quantitative estimate of drug-likeness (QED) is 0.508. The van der Waals surface area contributed by atoms with Gasteiger partial charge in [-0.2, -0.15) is 0 Å². The summed E-state index contributed by atoms with van der Waals surface area (Å²) in [5.74, 6) is 4.09. The first kappa shape index (κ1) is 17.6. The van der Waals surface area contributed by atoms with Crippen LogP contribution in [-0.4, -0.2) is 14.4 Å². The average Bonchev–Trinajstić information content (AvgIpc) is 2.88. The van der Waals surface area contributed by atoms with Crippen LogP contribution in [-0.2, 0) is 4.43 Å². The Morgan fingerprint density at radius 1 is 0.833 bits per heavy atom. The maximum absolute atomic E-state index is 6.53. The molecule has 4 aliphatic carbocycles. The third kappa shape index (κ3) is 2.84. The van der Waals surface area contributed by atoms with Gasteiger partial charge in [0, 0.05) is 6.10 Å². The summed E-state index contributed by atoms with van der Waals surface area (Å²) in [5, 5.41) is 0. The molecule has 0 heterocycles. The molecule has 0 aromatic rings. The molecule has 0 aromatic carbocycles. The van der Waals surface area contributed by atoms with Crippen LogP contribution in [0.3, 0.4) is 0 Å². The highest BCUT2D eigenvalue weighted by molar-refractivity contribution is 6.69. The zero-order chi connectivity index (χ0) is 17.2. The fourth-order valence-electron chi connectivity index (χ4n) is 7.82. The van der Waals surface area contributed by atoms with Gasteiger partial charge in [-0.15, -0.1) is 0 Å². The molecule has 1 nitrogen and oxygen atoms in total. The first-order chi connectivity index (χ1) is 11.2. The monoisotopic (exact) mass is 348 g/mol. The van der Waals surface area contributed by atoms with Gasteiger partial charge in [-0.3, -0.25) is 0 Å². The minimum absolute atomic E-state index is 0.576. The lowest BCUT2D eigenvalue weighted by atomic mass is 9.45. The van der Waals surface area contributed by atoms with Crippen LogP contribution < -0.4 is 0 Å². The third-order valence-corrected chi connectivity index (χ3v) is 9.96. The molecule has 24 heavy (non-hydrogen) atoms. The maximum atomic E-state index is 6.53. The SMILES string of the molecule is C[C@@]12CCC[C@H]1[C@@H]1CC[C@H]3C[C@@H](O[Si](C)(C)C)CC[C@]3(C)[C@H]1CC2. The van der Waals surface area contributed by atoms with Crippen LogP contribution in [0.1, 0.15) is 78.1 Å². The van der Waals surface area contributed by atoms with Crippen molar-refractivity contribution in [2.75, 3.05) is 0 Å². The van der Waals surface area contributed by atoms with E-state index >= 15 is 0 Å². The highest BCUT2D eigenvalue weighted by Crippen LogP contribution is 2.66. The van der Waals surface area contributed by atoms with Gasteiger partial charge in [0.05, 0.1) is 0 Å². The molecular weight excluding hydrogens is 308 g/mol. The van der Waals surface area contributed by atoms with E-state index in [0.29, 0.717) is 16.9 Å². The van der Waals surface area contributed by atoms with E-state index in [1.54, 1.807) is 6.42 Å². The van der Waals surface area contributed by atoms with E-state index in [2.05, 4.69) is 33.5 Å². The second kappa shape index (κ2) is 5.84. The Labute approximate surface area is 151 Å². The molecule has 0 bridgehead atoms. The van der Waals surface area contributed by atoms with Gasteiger partial charge in [0.25, 0.3) is 0 Å². The van der Waals surface area contributed by atoms with Crippen LogP contribution in [0.4, 0.5) is 0 Å². The standard InChI is InChI=1S/C22H40OSi/c1-21-12-6-7-19(21)18-9-8-16-15-17(23-24(3,4)5)10-14-22(16,2)20(18)11-13-21/h16-20H,6-15H2,1-5H3/t16-,17-,18-,19-,20-,21-,22-/m0/s1. The molecule has 0 N–H and O–H groups in total. The Morgan fingerprint density at radius 3 is 2.38 bits per heavy atom. The second-order valence-electron chi connectivity index (χ2n) is 11.4. The first-order valence-corrected chi connectivity index (χ1v) is 14.3. The molecule has 0 aliphatic heterocycles. The van der Waals surface area contributed by atoms with Gasteiger partial charge in [-0.05, 0) is 112 Å². The average molecular weight is 349 g/mol. The summed E-state index contributed by atoms with van der Waals surface area (Å²) < 4.78 is 6.53. The van der Waals surface area contributed by atoms with Crippen LogP contribution >= 0.6 is 0 Å². The van der Waals surface area contributed by atoms with Gasteiger partial charge in [0.2, 0.25) is 0 Å². The molecule has 4 saturated carbocycles. The third-order valence-electron chi connectivity index (χ3n) is 8.92. The van der Waals surface area contributed by atoms with E-state index < -0.39 is 8.32 Å². The Balaban J connectivity index is 1.50. The molecule has 4 fully saturated rings. The van der Waals surface area contributed by atoms with E-state index in [-0.39, 0.29) is 0 Å². The molecule has 0 aromatic heterocycles. The summed E-state index contributed by atoms with van der Waals surface area (Å²) in [6.07, 6.45) is 15.4. The maximum Gasteiger partial charge on any atom is 0.184 e. The molecule has 0 amide bonds. The molecular formula is C22H40OSi. The summed E-state index contributed by atoms with van der Waals surface area (Å²) in [4.78, 5) is 0. The van der Waals surface area contributed by atoms with Crippen molar-refractivity contribution in [1.82, 2.24) is 0 Å². The van der Waals surface area contributed by atoms with E-state index in [1.165, 1.54) is 57.8 Å². The van der Waals surface area contributed by atoms with Gasteiger partial charge in [-0.1, -0.05) is 20.3 Å². The van der Waals surface area contributed by atoms with Gasteiger partial charge in [0.15, 0.2) is 8.32 Å². The topological polar surface area (TPSA) is 9.23 Å². The van der Waals surface area contributed by atoms with Crippen molar-refractivity contribution < 1.29 is 4.43 Å². The molecule has 7 atom stereocenters. The van der Waals surface area contributed by atoms with Crippen LogP contribution in [0.5, 0.6) is 0 Å². The molecule has 4 aliphatic rings. The summed E-state index contributed by atoms with van der Waals surface area (Å²) in [6.45, 7) is 12.4. The highest BCUT2D eigenvalue weighted by atomic mass is 28.4. The fraction of sp³-hybridized carbons (Fsp3) is 1.00. The zero-order valence-corrected chi connectivity index (χ0v) is 17.9. The van der Waals surface area contributed by atoms with Crippen LogP contribution in [0.15, 0.2) is 0 Å². The first-order valence-electron chi connectivity index (χ1n) is 10.9. The summed E-state index contributed by atoms with van der Waals surface area (Å²) >= 11 is 0. The molecule has 138 valence electrons. The van der Waals surface area contributed by atoms with E-state index in [0.717, 1.165) is 23.7 Å². The van der Waals surface area contributed by atoms with E-state index in [9.17, 15) is 0 Å². The Bertz CT molecular complexity index is 483. The van der Waals surface area contributed by atoms with Crippen molar-refractivity contribution in [1.29, 1.82) is 0 Å². The van der Waals surface area contributed by atoms with Gasteiger partial charge in [-0.25, -0.2) is 0 Å². The minimum atomic E-state index is -1.39. The van der Waals surface area contributed by atoms with Gasteiger partial charge >= 0.3 is 0 Å². The molecule has 2 heteroatoms. The highest BCUT2D eigenvalue weighted by Gasteiger charge is 2.57. The Morgan fingerprint density at radius 2 is 1.62 bits per heavy atom. The molecule has 0 saturated heterocycles. The second-order valence-corrected chi connectivity index (χ2v) is 15.8. The Hall–Kier alpha value is 0.177. The van der Waals surface area contributed by atoms with Crippen molar-refractivity contribution >= 4 is 8.32 Å². The number of fused-ring (bicyclic) bond motifs is 5. The lowest BCUT2D eigenvalue weighted by Crippen LogP contribution is -2.53. The summed E-state index contributed by atoms with van der Waals surface area (Å²) in [5.41, 5.74) is 1.34. The number of hydrogen-bond acceptors (Lipinski definition) is 1. The molecule has 4 rings (SSSR count). The zero-order valence-electron chi connectivity index (χ0n) is 16.9. The lowest BCUT2D eigenvalue weighted by molar-refractivity contribution is -0.118. The predicted octanol–water partition coefficient (Wildman–Crippen LogP) is 6.64. The number of hydrogen-bond donors (Lipinski definition) is 0. The van der Waals surface area contributed by atoms with Crippen LogP contribution in [0.25, 0.3) is 0 Å². The predicted molar refractivity (Wildman–Crippen MR) is 105 cm³/mol. The van der Waals surface area contributed by atoms with Crippen molar-refractivity contribution in [3.63, 3.8) is 0 Å². The molecule has 0 radical (unpaired) electrons. The van der Waals surface area contributed by atoms with Crippen molar-refractivity contribution in [2.24, 2.45) is 34.5 Å². The lowest BCUT2D eigenvalue weighted by Gasteiger charge is -2.60. The van der Waals surface area contributed by atoms with E-state index in [4.69, 9.17) is 4.43 Å². The number of rotatable bonds is 2. The fourth-order valence-corrected chi connectivity index (χ4v) is 9.03. The molecule has 0 unspecified atom stereocenters. The molecule has 0 spiro atoms. The van der Waals surface area contributed by atoms with Crippen molar-refractivity contribution in [2.45, 2.75) is 104 Å². The smallest absolute Gasteiger partial charge is 0.184 e. The van der Waals surface area contributed by atoms with Crippen LogP contribution in [0, 0.1) is 34.5 Å². The largest absolute Gasteiger partial charge is 0.415 e. The van der Waals surface area contributed by atoms with Crippen molar-refractivity contribution in [3.05, 3.63) is 0 Å². The van der Waals surface area contributed by atoms with Crippen LogP contribution in [0.2, 0.25) is 19.6 Å². The van der Waals surface area contributed by atoms with Gasteiger partial charge < -0.3 is 4.43 Å². The van der Waals surface area contributed by atoms with Gasteiger partial charge in [0.1, 0.15) is 0 Å². The van der Waals surface area contributed by atoms with E-state index in [1.807, 2.05) is 0 Å². The summed E-state index contributed by atoms with van der Waals surface area (Å²) in [7, 11) is -1.39. The normalized spacial score (nSPS) is 51.6. The Kier molecular flexibility index (Phi) is 4.28.